The molecule has 128 valence electrons. The molecule has 0 aliphatic carbocycles. The molecular weight excluding hydrogens is 304 g/mol. The summed E-state index contributed by atoms with van der Waals surface area (Å²) in [6.45, 7) is 1.99. The molecule has 0 spiro atoms. The number of amides is 1. The highest BCUT2D eigenvalue weighted by atomic mass is 16.5. The van der Waals surface area contributed by atoms with E-state index in [-0.39, 0.29) is 11.9 Å². The van der Waals surface area contributed by atoms with Crippen LogP contribution in [0.4, 0.5) is 0 Å². The van der Waals surface area contributed by atoms with Gasteiger partial charge in [0, 0.05) is 26.6 Å². The molecule has 2 heterocycles. The van der Waals surface area contributed by atoms with Gasteiger partial charge in [-0.25, -0.2) is 4.68 Å². The van der Waals surface area contributed by atoms with Gasteiger partial charge in [0.2, 0.25) is 5.91 Å². The minimum atomic E-state index is 0.223. The number of aryl methyl sites for hydroxylation is 1. The number of likely N-dealkylation sites (tertiary alicyclic amines) is 1. The molecule has 1 aliphatic heterocycles. The van der Waals surface area contributed by atoms with Crippen molar-refractivity contribution in [3.05, 3.63) is 47.8 Å². The molecule has 1 unspecified atom stereocenters. The number of methoxy groups -OCH3 is 1. The zero-order chi connectivity index (χ0) is 16.8. The van der Waals surface area contributed by atoms with E-state index in [0.29, 0.717) is 13.0 Å². The molecule has 1 aromatic carbocycles. The van der Waals surface area contributed by atoms with Crippen LogP contribution in [0.1, 0.15) is 36.6 Å². The molecule has 0 radical (unpaired) electrons. The van der Waals surface area contributed by atoms with E-state index in [1.54, 1.807) is 7.11 Å². The van der Waals surface area contributed by atoms with Crippen molar-refractivity contribution in [2.24, 2.45) is 0 Å². The summed E-state index contributed by atoms with van der Waals surface area (Å²) in [5.74, 6) is 0.241. The van der Waals surface area contributed by atoms with Gasteiger partial charge < -0.3 is 9.64 Å². The van der Waals surface area contributed by atoms with Crippen molar-refractivity contribution in [1.29, 1.82) is 0 Å². The summed E-state index contributed by atoms with van der Waals surface area (Å²) in [5.41, 5.74) is 2.11. The van der Waals surface area contributed by atoms with E-state index in [1.807, 2.05) is 34.0 Å². The maximum atomic E-state index is 12.4. The van der Waals surface area contributed by atoms with Crippen LogP contribution in [-0.2, 0) is 22.6 Å². The number of ether oxygens (including phenoxy) is 1. The number of carbonyl (C=O) groups is 1. The number of carbonyl (C=O) groups excluding carboxylic acids is 1. The number of hydrogen-bond donors (Lipinski definition) is 0. The average molecular weight is 328 g/mol. The first-order valence-electron chi connectivity index (χ1n) is 8.47. The van der Waals surface area contributed by atoms with Crippen LogP contribution in [0.15, 0.2) is 36.5 Å². The first-order chi connectivity index (χ1) is 11.8. The Bertz CT molecular complexity index is 656. The van der Waals surface area contributed by atoms with Crippen LogP contribution in [0.3, 0.4) is 0 Å². The van der Waals surface area contributed by atoms with Crippen LogP contribution in [0.25, 0.3) is 0 Å². The van der Waals surface area contributed by atoms with E-state index in [2.05, 4.69) is 22.4 Å². The first-order valence-corrected chi connectivity index (χ1v) is 8.47. The fraction of sp³-hybridized carbons (Fsp3) is 0.500. The molecule has 0 saturated carbocycles. The molecular formula is C18H24N4O2. The standard InChI is InChI=1S/C18H24N4O2/c1-24-14-16-12-22(20-19-16)17-10-11-21(13-17)18(23)9-5-8-15-6-3-2-4-7-15/h2-4,6-7,12,17H,5,8-11,13-14H2,1H3. The van der Waals surface area contributed by atoms with Gasteiger partial charge in [0.1, 0.15) is 5.69 Å². The second-order valence-electron chi connectivity index (χ2n) is 6.24. The van der Waals surface area contributed by atoms with Crippen LogP contribution in [-0.4, -0.2) is 46.0 Å². The van der Waals surface area contributed by atoms with Crippen LogP contribution < -0.4 is 0 Å². The summed E-state index contributed by atoms with van der Waals surface area (Å²) < 4.78 is 6.93. The lowest BCUT2D eigenvalue weighted by molar-refractivity contribution is -0.130. The zero-order valence-electron chi connectivity index (χ0n) is 14.1. The largest absolute Gasteiger partial charge is 0.378 e. The van der Waals surface area contributed by atoms with Gasteiger partial charge in [-0.3, -0.25) is 4.79 Å². The molecule has 1 aliphatic rings. The highest BCUT2D eigenvalue weighted by molar-refractivity contribution is 5.76. The van der Waals surface area contributed by atoms with Crippen molar-refractivity contribution < 1.29 is 9.53 Å². The van der Waals surface area contributed by atoms with Crippen LogP contribution in [0.2, 0.25) is 0 Å². The first kappa shape index (κ1) is 16.6. The molecule has 6 heteroatoms. The normalized spacial score (nSPS) is 17.4. The summed E-state index contributed by atoms with van der Waals surface area (Å²) in [6.07, 6.45) is 5.30. The topological polar surface area (TPSA) is 60.2 Å². The maximum absolute atomic E-state index is 12.4. The molecule has 1 fully saturated rings. The highest BCUT2D eigenvalue weighted by Gasteiger charge is 2.27. The van der Waals surface area contributed by atoms with Gasteiger partial charge in [0.05, 0.1) is 18.8 Å². The predicted molar refractivity (Wildman–Crippen MR) is 90.3 cm³/mol. The van der Waals surface area contributed by atoms with Gasteiger partial charge in [-0.15, -0.1) is 5.10 Å². The fourth-order valence-corrected chi connectivity index (χ4v) is 3.14. The van der Waals surface area contributed by atoms with Gasteiger partial charge in [0.15, 0.2) is 0 Å². The van der Waals surface area contributed by atoms with Crippen LogP contribution >= 0.6 is 0 Å². The second-order valence-corrected chi connectivity index (χ2v) is 6.24. The van der Waals surface area contributed by atoms with Crippen LogP contribution in [0.5, 0.6) is 0 Å². The Balaban J connectivity index is 1.45. The SMILES string of the molecule is COCc1cn(C2CCN(C(=O)CCCc3ccccc3)C2)nn1. The van der Waals surface area contributed by atoms with Crippen molar-refractivity contribution in [2.75, 3.05) is 20.2 Å². The molecule has 3 rings (SSSR count). The van der Waals surface area contributed by atoms with Crippen molar-refractivity contribution in [3.63, 3.8) is 0 Å². The van der Waals surface area contributed by atoms with Crippen molar-refractivity contribution in [1.82, 2.24) is 19.9 Å². The van der Waals surface area contributed by atoms with E-state index in [0.717, 1.165) is 38.0 Å². The third kappa shape index (κ3) is 4.20. The third-order valence-electron chi connectivity index (χ3n) is 4.44. The molecule has 24 heavy (non-hydrogen) atoms. The average Bonchev–Trinajstić information content (AvgIpc) is 3.25. The zero-order valence-corrected chi connectivity index (χ0v) is 14.1. The predicted octanol–water partition coefficient (Wildman–Crippen LogP) is 2.22. The van der Waals surface area contributed by atoms with E-state index in [9.17, 15) is 4.79 Å². The Hall–Kier alpha value is -2.21. The Morgan fingerprint density at radius 1 is 1.33 bits per heavy atom. The van der Waals surface area contributed by atoms with E-state index in [1.165, 1.54) is 5.56 Å². The van der Waals surface area contributed by atoms with Crippen molar-refractivity contribution in [3.8, 4) is 0 Å². The fourth-order valence-electron chi connectivity index (χ4n) is 3.14. The lowest BCUT2D eigenvalue weighted by Crippen LogP contribution is -2.29. The molecule has 1 saturated heterocycles. The number of nitrogens with zero attached hydrogens (tertiary/aromatic N) is 4. The molecule has 1 atom stereocenters. The van der Waals surface area contributed by atoms with Crippen LogP contribution in [0, 0.1) is 0 Å². The molecule has 1 amide bonds. The summed E-state index contributed by atoms with van der Waals surface area (Å²) >= 11 is 0. The number of hydrogen-bond acceptors (Lipinski definition) is 4. The smallest absolute Gasteiger partial charge is 0.222 e. The quantitative estimate of drug-likeness (QED) is 0.782. The van der Waals surface area contributed by atoms with Gasteiger partial charge in [-0.05, 0) is 24.8 Å². The minimum Gasteiger partial charge on any atom is -0.378 e. The second kappa shape index (κ2) is 8.06. The highest BCUT2D eigenvalue weighted by Crippen LogP contribution is 2.22. The summed E-state index contributed by atoms with van der Waals surface area (Å²) in [7, 11) is 1.64. The van der Waals surface area contributed by atoms with Gasteiger partial charge >= 0.3 is 0 Å². The molecule has 0 N–H and O–H groups in total. The Kier molecular flexibility index (Phi) is 5.59. The van der Waals surface area contributed by atoms with Crippen molar-refractivity contribution >= 4 is 5.91 Å². The lowest BCUT2D eigenvalue weighted by atomic mass is 10.1. The van der Waals surface area contributed by atoms with E-state index >= 15 is 0 Å². The Labute approximate surface area is 142 Å². The minimum absolute atomic E-state index is 0.223. The number of aromatic nitrogens is 3. The third-order valence-corrected chi connectivity index (χ3v) is 4.44. The molecule has 0 bridgehead atoms. The molecule has 2 aromatic rings. The lowest BCUT2D eigenvalue weighted by Gasteiger charge is -2.16. The Morgan fingerprint density at radius 3 is 2.96 bits per heavy atom. The van der Waals surface area contributed by atoms with Gasteiger partial charge in [-0.2, -0.15) is 0 Å². The van der Waals surface area contributed by atoms with E-state index in [4.69, 9.17) is 4.74 Å². The molecule has 6 nitrogen and oxygen atoms in total. The van der Waals surface area contributed by atoms with Crippen molar-refractivity contribution in [2.45, 2.75) is 38.3 Å². The Morgan fingerprint density at radius 2 is 2.17 bits per heavy atom. The van der Waals surface area contributed by atoms with Gasteiger partial charge in [0.25, 0.3) is 0 Å². The number of rotatable bonds is 7. The summed E-state index contributed by atoms with van der Waals surface area (Å²) in [4.78, 5) is 14.3. The summed E-state index contributed by atoms with van der Waals surface area (Å²) in [5, 5.41) is 8.25. The molecule has 1 aromatic heterocycles. The monoisotopic (exact) mass is 328 g/mol. The van der Waals surface area contributed by atoms with E-state index < -0.39 is 0 Å². The maximum Gasteiger partial charge on any atom is 0.222 e. The summed E-state index contributed by atoms with van der Waals surface area (Å²) in [6, 6.07) is 10.5. The number of benzene rings is 1. The van der Waals surface area contributed by atoms with Gasteiger partial charge in [-0.1, -0.05) is 35.5 Å².